The fourth-order valence-corrected chi connectivity index (χ4v) is 1.41. The number of oxime groups is 1. The first-order chi connectivity index (χ1) is 8.58. The largest absolute Gasteiger partial charge is 0.409 e. The van der Waals surface area contributed by atoms with Crippen molar-refractivity contribution in [1.29, 1.82) is 0 Å². The second-order valence-electron chi connectivity index (χ2n) is 4.36. The van der Waals surface area contributed by atoms with Gasteiger partial charge in [0.15, 0.2) is 5.84 Å². The van der Waals surface area contributed by atoms with Crippen molar-refractivity contribution in [3.05, 3.63) is 29.6 Å². The van der Waals surface area contributed by atoms with Gasteiger partial charge in [0.25, 0.3) is 0 Å². The normalized spacial score (nSPS) is 15.4. The Balaban J connectivity index is 2.63. The number of nitrogens with two attached hydrogens (primary N) is 1. The third-order valence-electron chi connectivity index (χ3n) is 2.96. The van der Waals surface area contributed by atoms with Crippen LogP contribution in [0.1, 0.15) is 25.1 Å². The summed E-state index contributed by atoms with van der Waals surface area (Å²) in [7, 11) is 0. The van der Waals surface area contributed by atoms with Crippen LogP contribution in [0.4, 0.5) is 0 Å². The summed E-state index contributed by atoms with van der Waals surface area (Å²) in [6.45, 7) is 4.79. The lowest BCUT2D eigenvalue weighted by atomic mass is 10.0. The van der Waals surface area contributed by atoms with Gasteiger partial charge in [0.2, 0.25) is 0 Å². The third-order valence-corrected chi connectivity index (χ3v) is 2.96. The molecule has 0 aliphatic carbocycles. The summed E-state index contributed by atoms with van der Waals surface area (Å²) in [5.74, 6) is 0.184. The first-order valence-corrected chi connectivity index (χ1v) is 5.85. The minimum atomic E-state index is -0.00590. The molecule has 5 N–H and O–H groups in total. The molecule has 1 aromatic heterocycles. The molecule has 0 fully saturated rings. The van der Waals surface area contributed by atoms with Gasteiger partial charge in [0.1, 0.15) is 5.69 Å². The van der Waals surface area contributed by atoms with Crippen LogP contribution >= 0.6 is 0 Å². The SMILES string of the molecule is CC(CO)C(C)NCc1ccnc(/C(N)=N/O)c1. The van der Waals surface area contributed by atoms with E-state index in [1.54, 1.807) is 12.3 Å². The molecule has 0 aliphatic rings. The molecule has 1 aromatic rings. The van der Waals surface area contributed by atoms with Gasteiger partial charge in [-0.1, -0.05) is 12.1 Å². The minimum absolute atomic E-state index is 0.00590. The standard InChI is InChI=1S/C12H20N4O2/c1-8(7-17)9(2)15-6-10-3-4-14-11(5-10)12(13)16-18/h3-5,8-9,15,17-18H,6-7H2,1-2H3,(H2,13,16). The van der Waals surface area contributed by atoms with E-state index >= 15 is 0 Å². The lowest BCUT2D eigenvalue weighted by molar-refractivity contribution is 0.207. The highest BCUT2D eigenvalue weighted by Gasteiger charge is 2.10. The third kappa shape index (κ3) is 3.97. The van der Waals surface area contributed by atoms with Crippen LogP contribution in [0.3, 0.4) is 0 Å². The van der Waals surface area contributed by atoms with Gasteiger partial charge in [-0.3, -0.25) is 4.98 Å². The molecule has 0 saturated heterocycles. The van der Waals surface area contributed by atoms with Gasteiger partial charge in [-0.15, -0.1) is 0 Å². The highest BCUT2D eigenvalue weighted by atomic mass is 16.4. The van der Waals surface area contributed by atoms with Crippen molar-refractivity contribution in [2.24, 2.45) is 16.8 Å². The summed E-state index contributed by atoms with van der Waals surface area (Å²) in [6, 6.07) is 3.83. The van der Waals surface area contributed by atoms with Gasteiger partial charge < -0.3 is 21.4 Å². The second kappa shape index (κ2) is 6.93. The monoisotopic (exact) mass is 252 g/mol. The van der Waals surface area contributed by atoms with Crippen LogP contribution in [0, 0.1) is 5.92 Å². The van der Waals surface area contributed by atoms with E-state index in [4.69, 9.17) is 16.0 Å². The zero-order valence-corrected chi connectivity index (χ0v) is 10.7. The van der Waals surface area contributed by atoms with Crippen LogP contribution in [0.25, 0.3) is 0 Å². The van der Waals surface area contributed by atoms with Crippen LogP contribution in [0.5, 0.6) is 0 Å². The van der Waals surface area contributed by atoms with Crippen molar-refractivity contribution >= 4 is 5.84 Å². The second-order valence-corrected chi connectivity index (χ2v) is 4.36. The molecule has 6 heteroatoms. The smallest absolute Gasteiger partial charge is 0.188 e. The molecule has 1 heterocycles. The Morgan fingerprint density at radius 2 is 2.28 bits per heavy atom. The Morgan fingerprint density at radius 1 is 1.56 bits per heavy atom. The number of hydrogen-bond acceptors (Lipinski definition) is 5. The van der Waals surface area contributed by atoms with Crippen LogP contribution in [-0.4, -0.2) is 33.8 Å². The summed E-state index contributed by atoms with van der Waals surface area (Å²) in [5, 5.41) is 23.8. The van der Waals surface area contributed by atoms with Crippen LogP contribution in [-0.2, 0) is 6.54 Å². The molecule has 0 spiro atoms. The highest BCUT2D eigenvalue weighted by Crippen LogP contribution is 2.05. The maximum atomic E-state index is 9.04. The van der Waals surface area contributed by atoms with E-state index in [-0.39, 0.29) is 24.4 Å². The molecule has 18 heavy (non-hydrogen) atoms. The van der Waals surface area contributed by atoms with Gasteiger partial charge in [-0.2, -0.15) is 0 Å². The van der Waals surface area contributed by atoms with Crippen LogP contribution in [0.2, 0.25) is 0 Å². The summed E-state index contributed by atoms with van der Waals surface area (Å²) in [6.07, 6.45) is 1.62. The summed E-state index contributed by atoms with van der Waals surface area (Å²) >= 11 is 0. The van der Waals surface area contributed by atoms with Gasteiger partial charge in [-0.25, -0.2) is 0 Å². The van der Waals surface area contributed by atoms with Gasteiger partial charge in [-0.05, 0) is 30.5 Å². The molecular formula is C12H20N4O2. The number of nitrogens with zero attached hydrogens (tertiary/aromatic N) is 2. The zero-order valence-electron chi connectivity index (χ0n) is 10.7. The summed E-state index contributed by atoms with van der Waals surface area (Å²) in [5.41, 5.74) is 6.91. The Labute approximate surface area is 107 Å². The van der Waals surface area contributed by atoms with Crippen molar-refractivity contribution in [3.8, 4) is 0 Å². The van der Waals surface area contributed by atoms with Crippen molar-refractivity contribution < 1.29 is 10.3 Å². The topological polar surface area (TPSA) is 104 Å². The summed E-state index contributed by atoms with van der Waals surface area (Å²) < 4.78 is 0. The molecule has 0 aliphatic heterocycles. The number of aliphatic hydroxyl groups is 1. The first kappa shape index (κ1) is 14.4. The molecule has 1 rings (SSSR count). The molecule has 2 atom stereocenters. The molecule has 0 aromatic carbocycles. The molecule has 0 saturated carbocycles. The van der Waals surface area contributed by atoms with E-state index in [0.717, 1.165) is 5.56 Å². The Bertz CT molecular complexity index is 409. The van der Waals surface area contributed by atoms with Gasteiger partial charge in [0, 0.05) is 25.4 Å². The highest BCUT2D eigenvalue weighted by molar-refractivity contribution is 5.95. The fourth-order valence-electron chi connectivity index (χ4n) is 1.41. The Hall–Kier alpha value is -1.66. The van der Waals surface area contributed by atoms with Gasteiger partial charge >= 0.3 is 0 Å². The lowest BCUT2D eigenvalue weighted by Gasteiger charge is -2.19. The Morgan fingerprint density at radius 3 is 2.89 bits per heavy atom. The molecule has 0 bridgehead atoms. The maximum Gasteiger partial charge on any atom is 0.188 e. The van der Waals surface area contributed by atoms with Crippen molar-refractivity contribution in [2.75, 3.05) is 6.61 Å². The van der Waals surface area contributed by atoms with E-state index in [1.165, 1.54) is 0 Å². The number of aromatic nitrogens is 1. The lowest BCUT2D eigenvalue weighted by Crippen LogP contribution is -2.33. The molecule has 2 unspecified atom stereocenters. The molecule has 0 amide bonds. The Kier molecular flexibility index (Phi) is 5.54. The molecule has 6 nitrogen and oxygen atoms in total. The number of hydrogen-bond donors (Lipinski definition) is 4. The van der Waals surface area contributed by atoms with Crippen LogP contribution < -0.4 is 11.1 Å². The predicted molar refractivity (Wildman–Crippen MR) is 69.3 cm³/mol. The average Bonchev–Trinajstić information content (AvgIpc) is 2.43. The number of nitrogens with one attached hydrogen (secondary N) is 1. The predicted octanol–water partition coefficient (Wildman–Crippen LogP) is 0.283. The van der Waals surface area contributed by atoms with E-state index in [1.807, 2.05) is 19.9 Å². The maximum absolute atomic E-state index is 9.04. The molecule has 100 valence electrons. The van der Waals surface area contributed by atoms with Crippen molar-refractivity contribution in [2.45, 2.75) is 26.4 Å². The van der Waals surface area contributed by atoms with E-state index in [2.05, 4.69) is 15.5 Å². The van der Waals surface area contributed by atoms with E-state index in [0.29, 0.717) is 12.2 Å². The molecular weight excluding hydrogens is 232 g/mol. The fraction of sp³-hybridized carbons (Fsp3) is 0.500. The molecule has 0 radical (unpaired) electrons. The van der Waals surface area contributed by atoms with Gasteiger partial charge in [0.05, 0.1) is 0 Å². The quantitative estimate of drug-likeness (QED) is 0.252. The van der Waals surface area contributed by atoms with Crippen molar-refractivity contribution in [1.82, 2.24) is 10.3 Å². The van der Waals surface area contributed by atoms with Crippen molar-refractivity contribution in [3.63, 3.8) is 0 Å². The number of aliphatic hydroxyl groups excluding tert-OH is 1. The van der Waals surface area contributed by atoms with Crippen LogP contribution in [0.15, 0.2) is 23.5 Å². The number of rotatable bonds is 6. The summed E-state index contributed by atoms with van der Waals surface area (Å²) in [4.78, 5) is 4.00. The van der Waals surface area contributed by atoms with E-state index < -0.39 is 0 Å². The minimum Gasteiger partial charge on any atom is -0.409 e. The average molecular weight is 252 g/mol. The first-order valence-electron chi connectivity index (χ1n) is 5.85. The number of amidine groups is 1. The number of pyridine rings is 1. The van der Waals surface area contributed by atoms with E-state index in [9.17, 15) is 0 Å². The zero-order chi connectivity index (χ0) is 13.5.